The maximum Gasteiger partial charge on any atom is 0.239 e. The van der Waals surface area contributed by atoms with E-state index in [9.17, 15) is 9.90 Å². The lowest BCUT2D eigenvalue weighted by Gasteiger charge is -2.36. The molecule has 2 aliphatic rings. The Kier molecular flexibility index (Phi) is 4.27. The fourth-order valence-electron chi connectivity index (χ4n) is 3.56. The van der Waals surface area contributed by atoms with Gasteiger partial charge >= 0.3 is 0 Å². The summed E-state index contributed by atoms with van der Waals surface area (Å²) in [6.07, 6.45) is 2.95. The lowest BCUT2D eigenvalue weighted by Crippen LogP contribution is -2.50. The summed E-state index contributed by atoms with van der Waals surface area (Å²) in [6, 6.07) is 8.41. The first-order chi connectivity index (χ1) is 10.2. The van der Waals surface area contributed by atoms with E-state index in [0.717, 1.165) is 38.9 Å². The Morgan fingerprint density at radius 3 is 2.86 bits per heavy atom. The van der Waals surface area contributed by atoms with Crippen LogP contribution in [0.3, 0.4) is 0 Å². The van der Waals surface area contributed by atoms with Crippen molar-refractivity contribution in [2.45, 2.75) is 44.8 Å². The molecule has 1 amide bonds. The molecule has 4 heteroatoms. The first kappa shape index (κ1) is 14.5. The molecule has 0 spiro atoms. The smallest absolute Gasteiger partial charge is 0.239 e. The summed E-state index contributed by atoms with van der Waals surface area (Å²) in [6.45, 7) is 4.66. The van der Waals surface area contributed by atoms with Gasteiger partial charge < -0.3 is 10.0 Å². The second-order valence-electron chi connectivity index (χ2n) is 6.18. The number of aliphatic hydroxyl groups excluding tert-OH is 1. The summed E-state index contributed by atoms with van der Waals surface area (Å²) >= 11 is 0. The van der Waals surface area contributed by atoms with E-state index < -0.39 is 0 Å². The maximum absolute atomic E-state index is 12.7. The summed E-state index contributed by atoms with van der Waals surface area (Å²) < 4.78 is 0. The van der Waals surface area contributed by atoms with Crippen LogP contribution in [0.25, 0.3) is 0 Å². The Hall–Kier alpha value is -1.39. The fraction of sp³-hybridized carbons (Fsp3) is 0.588. The molecule has 0 radical (unpaired) electrons. The third-order valence-corrected chi connectivity index (χ3v) is 4.94. The Labute approximate surface area is 126 Å². The van der Waals surface area contributed by atoms with Gasteiger partial charge in [-0.2, -0.15) is 0 Å². The van der Waals surface area contributed by atoms with Gasteiger partial charge in [-0.25, -0.2) is 0 Å². The van der Waals surface area contributed by atoms with Crippen molar-refractivity contribution in [3.05, 3.63) is 35.4 Å². The number of aliphatic hydroxyl groups is 1. The molecule has 1 N–H and O–H groups in total. The average molecular weight is 288 g/mol. The van der Waals surface area contributed by atoms with E-state index in [1.807, 2.05) is 11.8 Å². The number of amides is 1. The third-order valence-electron chi connectivity index (χ3n) is 4.94. The van der Waals surface area contributed by atoms with Crippen molar-refractivity contribution in [2.24, 2.45) is 0 Å². The Bertz CT molecular complexity index is 517. The number of rotatable bonds is 3. The summed E-state index contributed by atoms with van der Waals surface area (Å²) in [4.78, 5) is 16.8. The monoisotopic (exact) mass is 288 g/mol. The van der Waals surface area contributed by atoms with Crippen LogP contribution in [0.2, 0.25) is 0 Å². The highest BCUT2D eigenvalue weighted by Crippen LogP contribution is 2.23. The Balaban J connectivity index is 1.68. The molecule has 4 nitrogen and oxygen atoms in total. The molecule has 0 aliphatic carbocycles. The molecule has 2 aliphatic heterocycles. The summed E-state index contributed by atoms with van der Waals surface area (Å²) in [5.74, 6) is 0.172. The predicted molar refractivity (Wildman–Crippen MR) is 81.8 cm³/mol. The van der Waals surface area contributed by atoms with Crippen LogP contribution < -0.4 is 0 Å². The van der Waals surface area contributed by atoms with Gasteiger partial charge in [-0.1, -0.05) is 24.3 Å². The van der Waals surface area contributed by atoms with Crippen LogP contribution in [0.15, 0.2) is 24.3 Å². The van der Waals surface area contributed by atoms with Crippen LogP contribution in [-0.4, -0.2) is 52.6 Å². The second kappa shape index (κ2) is 6.16. The molecule has 21 heavy (non-hydrogen) atoms. The fourth-order valence-corrected chi connectivity index (χ4v) is 3.56. The molecule has 114 valence electrons. The van der Waals surface area contributed by atoms with Gasteiger partial charge in [0.1, 0.15) is 0 Å². The standard InChI is InChI=1S/C17H24N2O2/c1-13(17(21)19-9-4-7-16(19)12-20)18-10-8-14-5-2-3-6-15(14)11-18/h2-3,5-6,13,16,20H,4,7-12H2,1H3/t13-,16-/m1/s1. The van der Waals surface area contributed by atoms with Gasteiger partial charge in [0.15, 0.2) is 0 Å². The van der Waals surface area contributed by atoms with E-state index in [4.69, 9.17) is 0 Å². The molecular formula is C17H24N2O2. The molecule has 1 saturated heterocycles. The van der Waals surface area contributed by atoms with Gasteiger partial charge in [0.2, 0.25) is 5.91 Å². The number of carbonyl (C=O) groups is 1. The van der Waals surface area contributed by atoms with Gasteiger partial charge in [0.05, 0.1) is 18.7 Å². The number of benzene rings is 1. The number of hydrogen-bond acceptors (Lipinski definition) is 3. The van der Waals surface area contributed by atoms with Gasteiger partial charge in [-0.15, -0.1) is 0 Å². The normalized spacial score (nSPS) is 23.9. The van der Waals surface area contributed by atoms with Gasteiger partial charge in [0, 0.05) is 19.6 Å². The zero-order valence-electron chi connectivity index (χ0n) is 12.7. The quantitative estimate of drug-likeness (QED) is 0.915. The van der Waals surface area contributed by atoms with E-state index in [1.54, 1.807) is 0 Å². The molecule has 2 atom stereocenters. The first-order valence-corrected chi connectivity index (χ1v) is 7.93. The summed E-state index contributed by atoms with van der Waals surface area (Å²) in [7, 11) is 0. The van der Waals surface area contributed by atoms with Crippen molar-refractivity contribution in [1.29, 1.82) is 0 Å². The number of fused-ring (bicyclic) bond motifs is 1. The highest BCUT2D eigenvalue weighted by Gasteiger charge is 2.34. The number of likely N-dealkylation sites (tertiary alicyclic amines) is 1. The van der Waals surface area contributed by atoms with Crippen LogP contribution in [0, 0.1) is 0 Å². The van der Waals surface area contributed by atoms with Crippen molar-refractivity contribution < 1.29 is 9.90 Å². The first-order valence-electron chi connectivity index (χ1n) is 7.93. The van der Waals surface area contributed by atoms with Crippen LogP contribution >= 0.6 is 0 Å². The highest BCUT2D eigenvalue weighted by molar-refractivity contribution is 5.82. The number of carbonyl (C=O) groups excluding carboxylic acids is 1. The van der Waals surface area contributed by atoms with Crippen LogP contribution in [-0.2, 0) is 17.8 Å². The molecule has 1 aromatic rings. The molecule has 1 aromatic carbocycles. The van der Waals surface area contributed by atoms with Gasteiger partial charge in [-0.05, 0) is 37.3 Å². The third kappa shape index (κ3) is 2.83. The lowest BCUT2D eigenvalue weighted by molar-refractivity contribution is -0.138. The Morgan fingerprint density at radius 2 is 2.10 bits per heavy atom. The second-order valence-corrected chi connectivity index (χ2v) is 6.18. The molecule has 3 rings (SSSR count). The Morgan fingerprint density at radius 1 is 1.33 bits per heavy atom. The van der Waals surface area contributed by atoms with Crippen LogP contribution in [0.1, 0.15) is 30.9 Å². The minimum atomic E-state index is -0.106. The zero-order chi connectivity index (χ0) is 14.8. The van der Waals surface area contributed by atoms with E-state index >= 15 is 0 Å². The van der Waals surface area contributed by atoms with E-state index in [0.29, 0.717) is 0 Å². The van der Waals surface area contributed by atoms with Crippen molar-refractivity contribution in [3.8, 4) is 0 Å². The van der Waals surface area contributed by atoms with E-state index in [2.05, 4.69) is 29.2 Å². The minimum Gasteiger partial charge on any atom is -0.394 e. The van der Waals surface area contributed by atoms with E-state index in [1.165, 1.54) is 11.1 Å². The molecular weight excluding hydrogens is 264 g/mol. The molecule has 0 unspecified atom stereocenters. The van der Waals surface area contributed by atoms with Crippen LogP contribution in [0.4, 0.5) is 0 Å². The SMILES string of the molecule is C[C@H](C(=O)N1CCC[C@@H]1CO)N1CCc2ccccc2C1. The van der Waals surface area contributed by atoms with E-state index in [-0.39, 0.29) is 24.6 Å². The van der Waals surface area contributed by atoms with Crippen LogP contribution in [0.5, 0.6) is 0 Å². The van der Waals surface area contributed by atoms with Crippen molar-refractivity contribution >= 4 is 5.91 Å². The topological polar surface area (TPSA) is 43.8 Å². The molecule has 2 heterocycles. The lowest BCUT2D eigenvalue weighted by atomic mass is 9.98. The van der Waals surface area contributed by atoms with Crippen molar-refractivity contribution in [2.75, 3.05) is 19.7 Å². The number of hydrogen-bond donors (Lipinski definition) is 1. The molecule has 0 bridgehead atoms. The highest BCUT2D eigenvalue weighted by atomic mass is 16.3. The summed E-state index contributed by atoms with van der Waals surface area (Å²) in [5, 5.41) is 9.40. The summed E-state index contributed by atoms with van der Waals surface area (Å²) in [5.41, 5.74) is 2.74. The molecule has 0 aromatic heterocycles. The maximum atomic E-state index is 12.7. The van der Waals surface area contributed by atoms with Crippen molar-refractivity contribution in [1.82, 2.24) is 9.80 Å². The molecule has 0 saturated carbocycles. The average Bonchev–Trinajstić information content (AvgIpc) is 3.01. The minimum absolute atomic E-state index is 0.0250. The van der Waals surface area contributed by atoms with Gasteiger partial charge in [0.25, 0.3) is 0 Å². The largest absolute Gasteiger partial charge is 0.394 e. The zero-order valence-corrected chi connectivity index (χ0v) is 12.7. The van der Waals surface area contributed by atoms with Crippen molar-refractivity contribution in [3.63, 3.8) is 0 Å². The van der Waals surface area contributed by atoms with Gasteiger partial charge in [-0.3, -0.25) is 9.69 Å². The predicted octanol–water partition coefficient (Wildman–Crippen LogP) is 1.42. The number of nitrogens with zero attached hydrogens (tertiary/aromatic N) is 2. The molecule has 1 fully saturated rings.